The van der Waals surface area contributed by atoms with Gasteiger partial charge in [-0.3, -0.25) is 4.98 Å². The topological polar surface area (TPSA) is 72.1 Å². The molecule has 0 radical (unpaired) electrons. The van der Waals surface area contributed by atoms with Crippen LogP contribution in [0.3, 0.4) is 0 Å². The largest absolute Gasteiger partial charge is 2.00 e. The minimum atomic E-state index is -0.870. The van der Waals surface area contributed by atoms with Gasteiger partial charge in [0.05, 0.1) is 17.1 Å². The molecule has 0 bridgehead atoms. The zero-order valence-corrected chi connectivity index (χ0v) is 39.4. The molecule has 9 aromatic rings. The van der Waals surface area contributed by atoms with Crippen molar-refractivity contribution in [2.24, 2.45) is 0 Å². The van der Waals surface area contributed by atoms with Crippen molar-refractivity contribution >= 4 is 34.1 Å². The van der Waals surface area contributed by atoms with Crippen molar-refractivity contribution in [3.05, 3.63) is 217 Å². The van der Waals surface area contributed by atoms with E-state index in [0.29, 0.717) is 22.8 Å². The molecule has 324 valence electrons. The predicted octanol–water partition coefficient (Wildman–Crippen LogP) is 14.0. The Labute approximate surface area is 395 Å². The van der Waals surface area contributed by atoms with Crippen molar-refractivity contribution in [3.8, 4) is 33.9 Å². The number of rotatable bonds is 11. The Morgan fingerprint density at radius 1 is 0.538 bits per heavy atom. The molecule has 5 aromatic carbocycles. The van der Waals surface area contributed by atoms with Crippen LogP contribution in [0.25, 0.3) is 33.9 Å². The van der Waals surface area contributed by atoms with Crippen LogP contribution in [-0.2, 0) is 31.9 Å². The van der Waals surface area contributed by atoms with Gasteiger partial charge in [0.25, 0.3) is 0 Å². The van der Waals surface area contributed by atoms with E-state index >= 15 is 4.39 Å². The summed E-state index contributed by atoms with van der Waals surface area (Å²) in [6, 6.07) is 62.5. The van der Waals surface area contributed by atoms with Crippen molar-refractivity contribution in [2.45, 2.75) is 52.4 Å². The summed E-state index contributed by atoms with van der Waals surface area (Å²) in [4.78, 5) is 19.1. The first-order valence-corrected chi connectivity index (χ1v) is 21.4. The van der Waals surface area contributed by atoms with Crippen molar-refractivity contribution in [1.29, 1.82) is 0 Å². The van der Waals surface area contributed by atoms with Crippen LogP contribution in [0, 0.1) is 18.9 Å². The zero-order chi connectivity index (χ0) is 44.4. The Kier molecular flexibility index (Phi) is 12.8. The molecule has 0 aliphatic heterocycles. The summed E-state index contributed by atoms with van der Waals surface area (Å²) in [6.07, 6.45) is 1.40. The van der Waals surface area contributed by atoms with Crippen molar-refractivity contribution in [2.75, 3.05) is 9.80 Å². The fourth-order valence-corrected chi connectivity index (χ4v) is 7.87. The Balaban J connectivity index is 0.00000576. The van der Waals surface area contributed by atoms with Gasteiger partial charge in [0.2, 0.25) is 0 Å². The molecule has 0 saturated carbocycles. The summed E-state index contributed by atoms with van der Waals surface area (Å²) in [6.45, 7) is 13.0. The van der Waals surface area contributed by atoms with E-state index in [1.165, 1.54) is 11.8 Å². The van der Waals surface area contributed by atoms with Crippen LogP contribution in [-0.4, -0.2) is 20.1 Å². The molecule has 9 rings (SSSR count). The van der Waals surface area contributed by atoms with Crippen LogP contribution in [0.2, 0.25) is 0 Å². The molecule has 7 nitrogen and oxygen atoms in total. The number of aromatic nitrogens is 5. The average molecular weight is 1030 g/mol. The van der Waals surface area contributed by atoms with Crippen molar-refractivity contribution in [1.82, 2.24) is 25.1 Å². The summed E-state index contributed by atoms with van der Waals surface area (Å²) in [5.41, 5.74) is 12.0. The molecule has 0 N–H and O–H groups in total. The molecule has 4 heterocycles. The Bertz CT molecular complexity index is 3020. The van der Waals surface area contributed by atoms with Crippen LogP contribution in [0.15, 0.2) is 182 Å². The number of hydrogen-bond acceptors (Lipinski definition) is 6. The molecule has 4 aromatic heterocycles. The smallest absolute Gasteiger partial charge is 0.573 e. The van der Waals surface area contributed by atoms with Gasteiger partial charge in [-0.15, -0.1) is 12.1 Å². The van der Waals surface area contributed by atoms with Crippen LogP contribution < -0.4 is 14.9 Å². The standard InChI is InChI=1S/C56H48FN7.Pt/c1-38-24-28-43(29-25-38)63(41-19-12-8-13-20-41)45-33-49(47-23-16-32-58-54(47)57)59-52(35-45)56(5,6)53-36-46(34-50(60-53)51-37-48(61-62-51)39-17-10-7-11-18-39)64(42-21-14-9-15-22-42)44-30-26-40(27-31-44)55(2,3)4;/h7-22,24-37H,1-6H3;/q-2;+2. The van der Waals surface area contributed by atoms with Gasteiger partial charge in [-0.1, -0.05) is 141 Å². The fourth-order valence-electron chi connectivity index (χ4n) is 7.87. The van der Waals surface area contributed by atoms with Gasteiger partial charge in [0, 0.05) is 45.2 Å². The monoisotopic (exact) mass is 1030 g/mol. The van der Waals surface area contributed by atoms with Gasteiger partial charge in [-0.2, -0.15) is 0 Å². The van der Waals surface area contributed by atoms with Gasteiger partial charge in [-0.25, -0.2) is 4.39 Å². The van der Waals surface area contributed by atoms with Gasteiger partial charge in [-0.05, 0) is 116 Å². The number of pyridine rings is 3. The second-order valence-electron chi connectivity index (χ2n) is 17.5. The first kappa shape index (κ1) is 44.6. The number of hydrogen-bond donors (Lipinski definition) is 0. The van der Waals surface area contributed by atoms with Gasteiger partial charge < -0.3 is 30.0 Å². The van der Waals surface area contributed by atoms with E-state index in [0.717, 1.165) is 56.6 Å². The first-order valence-electron chi connectivity index (χ1n) is 21.4. The summed E-state index contributed by atoms with van der Waals surface area (Å²) in [5.74, 6) is -0.653. The number of aryl methyl sites for hydroxylation is 1. The molecule has 0 aliphatic carbocycles. The normalized spacial score (nSPS) is 11.5. The molecule has 0 atom stereocenters. The van der Waals surface area contributed by atoms with Crippen LogP contribution >= 0.6 is 0 Å². The van der Waals surface area contributed by atoms with E-state index in [-0.39, 0.29) is 32.0 Å². The fraction of sp³-hybridized carbons (Fsp3) is 0.143. The van der Waals surface area contributed by atoms with E-state index in [2.05, 4.69) is 158 Å². The Hall–Kier alpha value is -7.02. The summed E-state index contributed by atoms with van der Waals surface area (Å²) >= 11 is 0. The average Bonchev–Trinajstić information content (AvgIpc) is 3.82. The number of para-hydroxylation sites is 2. The van der Waals surface area contributed by atoms with E-state index in [1.54, 1.807) is 6.07 Å². The molecular formula is C56H48FN7Pt. The molecule has 0 unspecified atom stereocenters. The van der Waals surface area contributed by atoms with Gasteiger partial charge >= 0.3 is 21.1 Å². The molecular weight excluding hydrogens is 985 g/mol. The number of nitrogens with zero attached hydrogens (tertiary/aromatic N) is 7. The maximum Gasteiger partial charge on any atom is 2.00 e. The van der Waals surface area contributed by atoms with Crippen LogP contribution in [0.5, 0.6) is 0 Å². The second kappa shape index (κ2) is 18.6. The maximum absolute atomic E-state index is 15.7. The van der Waals surface area contributed by atoms with Crippen LogP contribution in [0.4, 0.5) is 38.5 Å². The molecule has 9 heteroatoms. The summed E-state index contributed by atoms with van der Waals surface area (Å²) in [7, 11) is 0. The van der Waals surface area contributed by atoms with Crippen molar-refractivity contribution in [3.63, 3.8) is 0 Å². The Morgan fingerprint density at radius 3 is 1.57 bits per heavy atom. The minimum Gasteiger partial charge on any atom is -0.573 e. The number of halogens is 1. The molecule has 0 aliphatic rings. The first-order chi connectivity index (χ1) is 30.9. The van der Waals surface area contributed by atoms with E-state index in [1.807, 2.05) is 78.9 Å². The maximum atomic E-state index is 15.7. The zero-order valence-electron chi connectivity index (χ0n) is 37.1. The summed E-state index contributed by atoms with van der Waals surface area (Å²) in [5, 5.41) is 9.33. The second-order valence-corrected chi connectivity index (χ2v) is 17.5. The number of benzene rings is 5. The van der Waals surface area contributed by atoms with E-state index in [4.69, 9.17) is 15.1 Å². The molecule has 65 heavy (non-hydrogen) atoms. The van der Waals surface area contributed by atoms with E-state index in [9.17, 15) is 0 Å². The van der Waals surface area contributed by atoms with Crippen molar-refractivity contribution < 1.29 is 25.5 Å². The molecule has 0 fully saturated rings. The predicted molar refractivity (Wildman–Crippen MR) is 257 cm³/mol. The Morgan fingerprint density at radius 2 is 1.03 bits per heavy atom. The molecule has 0 amide bonds. The molecule has 0 spiro atoms. The minimum absolute atomic E-state index is 0. The quantitative estimate of drug-likeness (QED) is 0.0944. The third-order valence-electron chi connectivity index (χ3n) is 11.6. The summed E-state index contributed by atoms with van der Waals surface area (Å²) < 4.78 is 15.7. The van der Waals surface area contributed by atoms with Gasteiger partial charge in [0.15, 0.2) is 0 Å². The number of anilines is 6. The van der Waals surface area contributed by atoms with Gasteiger partial charge in [0.1, 0.15) is 5.95 Å². The third-order valence-corrected chi connectivity index (χ3v) is 11.6. The molecule has 0 saturated heterocycles. The van der Waals surface area contributed by atoms with Crippen LogP contribution in [0.1, 0.15) is 57.1 Å². The SMILES string of the molecule is Cc1ccc(N(c2ccccc2)c2cc(-c3[c-]ccnc3F)nc(C(C)(C)c3cc(N(c4ccccc4)c4ccc(C(C)(C)C)cc4)cc(-c4cc(-c5ccccc5)n[n-]4)n3)c2)cc1.[Pt+2]. The third kappa shape index (κ3) is 9.45. The van der Waals surface area contributed by atoms with E-state index < -0.39 is 11.4 Å².